The van der Waals surface area contributed by atoms with Crippen molar-refractivity contribution in [3.8, 4) is 0 Å². The van der Waals surface area contributed by atoms with Gasteiger partial charge < -0.3 is 5.32 Å². The zero-order valence-electron chi connectivity index (χ0n) is 13.7. The standard InChI is InChI=1S/C16H23FN2O3S/c1-16(2,12-7-4-5-8-13(12)17)11-18-15(20)14-9-6-10-19(14)23(3,21)22/h4-5,7-8,14H,6,9-11H2,1-3H3,(H,18,20)/t14-/m0/s1. The monoisotopic (exact) mass is 342 g/mol. The van der Waals surface area contributed by atoms with Crippen LogP contribution in [0.4, 0.5) is 4.39 Å². The smallest absolute Gasteiger partial charge is 0.238 e. The number of rotatable bonds is 5. The highest BCUT2D eigenvalue weighted by Crippen LogP contribution is 2.25. The van der Waals surface area contributed by atoms with E-state index in [4.69, 9.17) is 0 Å². The van der Waals surface area contributed by atoms with E-state index < -0.39 is 21.5 Å². The van der Waals surface area contributed by atoms with Crippen LogP contribution >= 0.6 is 0 Å². The lowest BCUT2D eigenvalue weighted by Gasteiger charge is -2.28. The van der Waals surface area contributed by atoms with Gasteiger partial charge in [0.1, 0.15) is 11.9 Å². The fourth-order valence-corrected chi connectivity index (χ4v) is 4.05. The molecule has 1 amide bonds. The third kappa shape index (κ3) is 4.09. The molecule has 5 nitrogen and oxygen atoms in total. The number of carbonyl (C=O) groups excluding carboxylic acids is 1. The Labute approximate surface area is 136 Å². The Balaban J connectivity index is 2.05. The molecule has 0 unspecified atom stereocenters. The largest absolute Gasteiger partial charge is 0.354 e. The lowest BCUT2D eigenvalue weighted by atomic mass is 9.84. The minimum atomic E-state index is -3.40. The maximum atomic E-state index is 13.9. The number of benzene rings is 1. The Morgan fingerprint density at radius 3 is 2.65 bits per heavy atom. The van der Waals surface area contributed by atoms with Crippen LogP contribution in [-0.2, 0) is 20.2 Å². The van der Waals surface area contributed by atoms with Crippen molar-refractivity contribution in [1.82, 2.24) is 9.62 Å². The van der Waals surface area contributed by atoms with E-state index in [0.29, 0.717) is 24.9 Å². The van der Waals surface area contributed by atoms with Crippen LogP contribution < -0.4 is 5.32 Å². The zero-order chi connectivity index (χ0) is 17.3. The van der Waals surface area contributed by atoms with Gasteiger partial charge in [-0.1, -0.05) is 32.0 Å². The lowest BCUT2D eigenvalue weighted by molar-refractivity contribution is -0.124. The molecule has 0 radical (unpaired) electrons. The predicted octanol–water partition coefficient (Wildman–Crippen LogP) is 1.64. The van der Waals surface area contributed by atoms with Crippen molar-refractivity contribution in [2.24, 2.45) is 0 Å². The van der Waals surface area contributed by atoms with Gasteiger partial charge in [-0.2, -0.15) is 4.31 Å². The van der Waals surface area contributed by atoms with E-state index in [2.05, 4.69) is 5.32 Å². The molecule has 1 heterocycles. The van der Waals surface area contributed by atoms with Crippen LogP contribution in [0.15, 0.2) is 24.3 Å². The van der Waals surface area contributed by atoms with Crippen molar-refractivity contribution >= 4 is 15.9 Å². The SMILES string of the molecule is CC(C)(CNC(=O)[C@@H]1CCCN1S(C)(=O)=O)c1ccccc1F. The molecule has 1 atom stereocenters. The van der Waals surface area contributed by atoms with E-state index in [1.54, 1.807) is 18.2 Å². The molecule has 1 aliphatic heterocycles. The summed E-state index contributed by atoms with van der Waals surface area (Å²) in [5.74, 6) is -0.636. The normalized spacial score (nSPS) is 19.7. The minimum Gasteiger partial charge on any atom is -0.354 e. The topological polar surface area (TPSA) is 66.5 Å². The summed E-state index contributed by atoms with van der Waals surface area (Å²) in [6.07, 6.45) is 2.29. The molecular weight excluding hydrogens is 319 g/mol. The van der Waals surface area contributed by atoms with Gasteiger partial charge in [-0.05, 0) is 24.5 Å². The number of nitrogens with one attached hydrogen (secondary N) is 1. The van der Waals surface area contributed by atoms with Gasteiger partial charge in [-0.3, -0.25) is 4.79 Å². The van der Waals surface area contributed by atoms with Crippen molar-refractivity contribution < 1.29 is 17.6 Å². The molecule has 128 valence electrons. The van der Waals surface area contributed by atoms with E-state index in [1.165, 1.54) is 10.4 Å². The van der Waals surface area contributed by atoms with Gasteiger partial charge in [-0.15, -0.1) is 0 Å². The number of hydrogen-bond donors (Lipinski definition) is 1. The highest BCUT2D eigenvalue weighted by Gasteiger charge is 2.37. The number of carbonyl (C=O) groups is 1. The quantitative estimate of drug-likeness (QED) is 0.885. The predicted molar refractivity (Wildman–Crippen MR) is 87.0 cm³/mol. The van der Waals surface area contributed by atoms with Gasteiger partial charge >= 0.3 is 0 Å². The van der Waals surface area contributed by atoms with Gasteiger partial charge in [0.15, 0.2) is 0 Å². The molecule has 7 heteroatoms. The van der Waals surface area contributed by atoms with Crippen LogP contribution in [0.5, 0.6) is 0 Å². The first-order valence-corrected chi connectivity index (χ1v) is 9.47. The van der Waals surface area contributed by atoms with Crippen molar-refractivity contribution in [2.45, 2.75) is 38.1 Å². The molecule has 0 saturated carbocycles. The highest BCUT2D eigenvalue weighted by molar-refractivity contribution is 7.88. The van der Waals surface area contributed by atoms with Gasteiger partial charge in [0.25, 0.3) is 0 Å². The van der Waals surface area contributed by atoms with Gasteiger partial charge in [0, 0.05) is 18.5 Å². The molecule has 1 aliphatic rings. The summed E-state index contributed by atoms with van der Waals surface area (Å²) >= 11 is 0. The van der Waals surface area contributed by atoms with Gasteiger partial charge in [0.2, 0.25) is 15.9 Å². The molecule has 23 heavy (non-hydrogen) atoms. The van der Waals surface area contributed by atoms with E-state index in [1.807, 2.05) is 13.8 Å². The molecule has 2 rings (SSSR count). The maximum Gasteiger partial charge on any atom is 0.238 e. The molecule has 0 spiro atoms. The molecule has 1 aromatic carbocycles. The zero-order valence-corrected chi connectivity index (χ0v) is 14.5. The molecule has 0 aromatic heterocycles. The lowest BCUT2D eigenvalue weighted by Crippen LogP contribution is -2.48. The van der Waals surface area contributed by atoms with Crippen LogP contribution in [-0.4, -0.2) is 44.0 Å². The van der Waals surface area contributed by atoms with Crippen molar-refractivity contribution in [3.63, 3.8) is 0 Å². The van der Waals surface area contributed by atoms with Gasteiger partial charge in [0.05, 0.1) is 6.26 Å². The summed E-state index contributed by atoms with van der Waals surface area (Å²) in [4.78, 5) is 12.4. The fraction of sp³-hybridized carbons (Fsp3) is 0.562. The van der Waals surface area contributed by atoms with E-state index in [-0.39, 0.29) is 18.3 Å². The number of halogens is 1. The third-order valence-electron chi connectivity index (χ3n) is 4.24. The Hall–Kier alpha value is -1.47. The average Bonchev–Trinajstić information content (AvgIpc) is 2.94. The Kier molecular flexibility index (Phi) is 5.10. The van der Waals surface area contributed by atoms with Crippen molar-refractivity contribution in [3.05, 3.63) is 35.6 Å². The van der Waals surface area contributed by atoms with Crippen LogP contribution in [0.1, 0.15) is 32.3 Å². The second-order valence-corrected chi connectivity index (χ2v) is 8.55. The first-order chi connectivity index (χ1) is 10.6. The summed E-state index contributed by atoms with van der Waals surface area (Å²) in [5.41, 5.74) is -0.0677. The maximum absolute atomic E-state index is 13.9. The second kappa shape index (κ2) is 6.57. The average molecular weight is 342 g/mol. The molecule has 1 saturated heterocycles. The summed E-state index contributed by atoms with van der Waals surface area (Å²) in [5, 5.41) is 2.78. The van der Waals surface area contributed by atoms with Crippen LogP contribution in [0.2, 0.25) is 0 Å². The van der Waals surface area contributed by atoms with Crippen molar-refractivity contribution in [1.29, 1.82) is 0 Å². The molecular formula is C16H23FN2O3S. The molecule has 1 aromatic rings. The van der Waals surface area contributed by atoms with Crippen LogP contribution in [0, 0.1) is 5.82 Å². The number of amides is 1. The summed E-state index contributed by atoms with van der Waals surface area (Å²) in [6.45, 7) is 4.29. The molecule has 0 aliphatic carbocycles. The van der Waals surface area contributed by atoms with Crippen molar-refractivity contribution in [2.75, 3.05) is 19.3 Å². The van der Waals surface area contributed by atoms with E-state index in [0.717, 1.165) is 6.26 Å². The fourth-order valence-electron chi connectivity index (χ4n) is 2.93. The third-order valence-corrected chi connectivity index (χ3v) is 5.53. The second-order valence-electron chi connectivity index (χ2n) is 6.61. The first kappa shape index (κ1) is 17.9. The van der Waals surface area contributed by atoms with Crippen LogP contribution in [0.3, 0.4) is 0 Å². The highest BCUT2D eigenvalue weighted by atomic mass is 32.2. The summed E-state index contributed by atoms with van der Waals surface area (Å²) in [6, 6.07) is 5.79. The molecule has 1 fully saturated rings. The first-order valence-electron chi connectivity index (χ1n) is 7.62. The Bertz CT molecular complexity index is 688. The summed E-state index contributed by atoms with van der Waals surface area (Å²) in [7, 11) is -3.40. The van der Waals surface area contributed by atoms with E-state index in [9.17, 15) is 17.6 Å². The van der Waals surface area contributed by atoms with E-state index >= 15 is 0 Å². The Morgan fingerprint density at radius 2 is 2.04 bits per heavy atom. The van der Waals surface area contributed by atoms with Crippen LogP contribution in [0.25, 0.3) is 0 Å². The molecule has 1 N–H and O–H groups in total. The molecule has 0 bridgehead atoms. The Morgan fingerprint density at radius 1 is 1.39 bits per heavy atom. The summed E-state index contributed by atoms with van der Waals surface area (Å²) < 4.78 is 38.6. The number of nitrogens with zero attached hydrogens (tertiary/aromatic N) is 1. The number of hydrogen-bond acceptors (Lipinski definition) is 3. The van der Waals surface area contributed by atoms with Gasteiger partial charge in [-0.25, -0.2) is 12.8 Å². The number of sulfonamides is 1. The minimum absolute atomic E-state index is 0.237.